The van der Waals surface area contributed by atoms with Crippen molar-refractivity contribution in [2.24, 2.45) is 0 Å². The molecule has 0 aromatic carbocycles. The summed E-state index contributed by atoms with van der Waals surface area (Å²) in [6.07, 6.45) is 7.41. The van der Waals surface area contributed by atoms with Crippen molar-refractivity contribution < 1.29 is 0 Å². The summed E-state index contributed by atoms with van der Waals surface area (Å²) >= 11 is 6.72. The summed E-state index contributed by atoms with van der Waals surface area (Å²) in [5, 5.41) is 2.31. The molecular formula is C15H12Br2N4. The maximum atomic E-state index is 4.20. The fourth-order valence-electron chi connectivity index (χ4n) is 2.02. The molecule has 21 heavy (non-hydrogen) atoms. The summed E-state index contributed by atoms with van der Waals surface area (Å²) in [7, 11) is 0. The van der Waals surface area contributed by atoms with Gasteiger partial charge in [-0.3, -0.25) is 0 Å². The first-order chi connectivity index (χ1) is 10.1. The maximum absolute atomic E-state index is 4.20. The number of halogens is 2. The second kappa shape index (κ2) is 5.99. The lowest BCUT2D eigenvalue weighted by molar-refractivity contribution is 1.31. The Morgan fingerprint density at radius 3 is 2.48 bits per heavy atom. The third-order valence-electron chi connectivity index (χ3n) is 3.07. The zero-order valence-electron chi connectivity index (χ0n) is 11.2. The largest absolute Gasteiger partial charge is 0.346 e. The number of aryl methyl sites for hydroxylation is 1. The molecule has 0 aliphatic carbocycles. The van der Waals surface area contributed by atoms with Gasteiger partial charge in [0.15, 0.2) is 0 Å². The Morgan fingerprint density at radius 2 is 1.67 bits per heavy atom. The maximum Gasteiger partial charge on any atom is 0.137 e. The van der Waals surface area contributed by atoms with Crippen LogP contribution in [0.25, 0.3) is 22.1 Å². The Balaban J connectivity index is 0.000000126. The van der Waals surface area contributed by atoms with Crippen molar-refractivity contribution in [3.8, 4) is 0 Å². The number of aromatic nitrogens is 4. The van der Waals surface area contributed by atoms with E-state index in [1.165, 1.54) is 10.9 Å². The van der Waals surface area contributed by atoms with Crippen molar-refractivity contribution in [3.63, 3.8) is 0 Å². The molecule has 0 bridgehead atoms. The van der Waals surface area contributed by atoms with Crippen LogP contribution >= 0.6 is 31.9 Å². The summed E-state index contributed by atoms with van der Waals surface area (Å²) < 4.78 is 2.03. The fourth-order valence-corrected chi connectivity index (χ4v) is 2.70. The van der Waals surface area contributed by atoms with E-state index in [1.54, 1.807) is 12.4 Å². The predicted molar refractivity (Wildman–Crippen MR) is 92.3 cm³/mol. The van der Waals surface area contributed by atoms with E-state index in [2.05, 4.69) is 64.8 Å². The molecule has 0 saturated heterocycles. The van der Waals surface area contributed by atoms with Crippen LogP contribution in [0.5, 0.6) is 0 Å². The summed E-state index contributed by atoms with van der Waals surface area (Å²) in [6.45, 7) is 2.06. The number of aromatic amines is 2. The molecule has 0 amide bonds. The van der Waals surface area contributed by atoms with E-state index in [1.807, 2.05) is 24.5 Å². The number of nitrogens with one attached hydrogen (secondary N) is 2. The highest BCUT2D eigenvalue weighted by atomic mass is 79.9. The van der Waals surface area contributed by atoms with Gasteiger partial charge in [0.25, 0.3) is 0 Å². The van der Waals surface area contributed by atoms with Gasteiger partial charge in [0.1, 0.15) is 11.3 Å². The smallest absolute Gasteiger partial charge is 0.137 e. The van der Waals surface area contributed by atoms with Crippen LogP contribution in [0.15, 0.2) is 51.9 Å². The first kappa shape index (κ1) is 14.3. The van der Waals surface area contributed by atoms with Gasteiger partial charge >= 0.3 is 0 Å². The van der Waals surface area contributed by atoms with Crippen molar-refractivity contribution in [1.82, 2.24) is 19.9 Å². The number of hydrogen-bond acceptors (Lipinski definition) is 2. The molecule has 4 rings (SSSR count). The molecule has 0 aliphatic rings. The van der Waals surface area contributed by atoms with Gasteiger partial charge in [0, 0.05) is 44.5 Å². The minimum atomic E-state index is 0.934. The van der Waals surface area contributed by atoms with Crippen LogP contribution < -0.4 is 0 Å². The van der Waals surface area contributed by atoms with E-state index in [-0.39, 0.29) is 0 Å². The minimum Gasteiger partial charge on any atom is -0.346 e. The highest BCUT2D eigenvalue weighted by Crippen LogP contribution is 2.19. The van der Waals surface area contributed by atoms with Gasteiger partial charge in [-0.1, -0.05) is 0 Å². The Morgan fingerprint density at radius 1 is 0.952 bits per heavy atom. The number of pyridine rings is 2. The Labute approximate surface area is 138 Å². The van der Waals surface area contributed by atoms with Gasteiger partial charge in [0.2, 0.25) is 0 Å². The average Bonchev–Trinajstić information content (AvgIpc) is 3.06. The van der Waals surface area contributed by atoms with Gasteiger partial charge in [-0.15, -0.1) is 0 Å². The molecule has 4 nitrogen and oxygen atoms in total. The van der Waals surface area contributed by atoms with Crippen LogP contribution in [0.1, 0.15) is 5.56 Å². The van der Waals surface area contributed by atoms with Crippen molar-refractivity contribution in [1.29, 1.82) is 0 Å². The number of hydrogen-bond donors (Lipinski definition) is 2. The van der Waals surface area contributed by atoms with Crippen molar-refractivity contribution in [3.05, 3.63) is 57.5 Å². The summed E-state index contributed by atoms with van der Waals surface area (Å²) in [5.74, 6) is 0. The standard InChI is InChI=1S/C8H7BrN2.C7H5BrN2/c1-5-3-10-8-7(5)2-6(9)4-11-8;8-6-3-5-1-2-9-7(5)10-4-6/h2-4H,1H3,(H,10,11);1-4H,(H,9,10). The van der Waals surface area contributed by atoms with Crippen LogP contribution in [0.3, 0.4) is 0 Å². The summed E-state index contributed by atoms with van der Waals surface area (Å²) in [4.78, 5) is 14.4. The van der Waals surface area contributed by atoms with Crippen molar-refractivity contribution in [2.75, 3.05) is 0 Å². The third-order valence-corrected chi connectivity index (χ3v) is 3.94. The monoisotopic (exact) mass is 406 g/mol. The SMILES string of the molecule is Brc1cnc2[nH]ccc2c1.Cc1c[nH]c2ncc(Br)cc12. The molecule has 4 heterocycles. The van der Waals surface area contributed by atoms with Gasteiger partial charge in [-0.2, -0.15) is 0 Å². The third kappa shape index (κ3) is 3.16. The number of nitrogens with zero attached hydrogens (tertiary/aromatic N) is 2. The topological polar surface area (TPSA) is 57.4 Å². The highest BCUT2D eigenvalue weighted by molar-refractivity contribution is 9.10. The van der Waals surface area contributed by atoms with Gasteiger partial charge < -0.3 is 9.97 Å². The number of rotatable bonds is 0. The van der Waals surface area contributed by atoms with Crippen LogP contribution in [-0.2, 0) is 0 Å². The first-order valence-electron chi connectivity index (χ1n) is 6.31. The molecular weight excluding hydrogens is 396 g/mol. The number of H-pyrrole nitrogens is 2. The molecule has 6 heteroatoms. The van der Waals surface area contributed by atoms with Crippen LogP contribution in [-0.4, -0.2) is 19.9 Å². The molecule has 0 aliphatic heterocycles. The molecule has 0 atom stereocenters. The summed E-state index contributed by atoms with van der Waals surface area (Å²) in [5.41, 5.74) is 3.11. The molecule has 0 radical (unpaired) electrons. The quantitative estimate of drug-likeness (QED) is 0.432. The molecule has 4 aromatic rings. The van der Waals surface area contributed by atoms with Gasteiger partial charge in [-0.25, -0.2) is 9.97 Å². The van der Waals surface area contributed by atoms with E-state index in [9.17, 15) is 0 Å². The molecule has 106 valence electrons. The lowest BCUT2D eigenvalue weighted by Crippen LogP contribution is -1.75. The van der Waals surface area contributed by atoms with Crippen LogP contribution in [0.4, 0.5) is 0 Å². The zero-order chi connectivity index (χ0) is 14.8. The van der Waals surface area contributed by atoms with Crippen LogP contribution in [0, 0.1) is 6.92 Å². The molecule has 4 aromatic heterocycles. The molecule has 0 unspecified atom stereocenters. The Hall–Kier alpha value is -1.66. The van der Waals surface area contributed by atoms with E-state index in [0.29, 0.717) is 0 Å². The molecule has 2 N–H and O–H groups in total. The van der Waals surface area contributed by atoms with E-state index in [4.69, 9.17) is 0 Å². The van der Waals surface area contributed by atoms with Gasteiger partial charge in [-0.05, 0) is 62.5 Å². The summed E-state index contributed by atoms with van der Waals surface area (Å²) in [6, 6.07) is 6.08. The Bertz CT molecular complexity index is 895. The lowest BCUT2D eigenvalue weighted by Gasteiger charge is -1.90. The average molecular weight is 408 g/mol. The second-order valence-corrected chi connectivity index (χ2v) is 6.42. The minimum absolute atomic E-state index is 0.934. The van der Waals surface area contributed by atoms with E-state index >= 15 is 0 Å². The van der Waals surface area contributed by atoms with E-state index in [0.717, 1.165) is 25.6 Å². The van der Waals surface area contributed by atoms with E-state index < -0.39 is 0 Å². The van der Waals surface area contributed by atoms with Crippen LogP contribution in [0.2, 0.25) is 0 Å². The first-order valence-corrected chi connectivity index (χ1v) is 7.90. The lowest BCUT2D eigenvalue weighted by atomic mass is 10.2. The molecule has 0 spiro atoms. The molecule has 0 fully saturated rings. The zero-order valence-corrected chi connectivity index (χ0v) is 14.4. The molecule has 0 saturated carbocycles. The second-order valence-electron chi connectivity index (χ2n) is 4.59. The van der Waals surface area contributed by atoms with Gasteiger partial charge in [0.05, 0.1) is 0 Å². The number of fused-ring (bicyclic) bond motifs is 2. The normalized spacial score (nSPS) is 10.6. The fraction of sp³-hybridized carbons (Fsp3) is 0.0667. The predicted octanol–water partition coefficient (Wildman–Crippen LogP) is 4.96. The highest BCUT2D eigenvalue weighted by Gasteiger charge is 1.99. The van der Waals surface area contributed by atoms with Crippen molar-refractivity contribution >= 4 is 53.9 Å². The van der Waals surface area contributed by atoms with Crippen molar-refractivity contribution in [2.45, 2.75) is 6.92 Å². The Kier molecular flexibility index (Phi) is 4.07.